The number of aliphatic hydroxyl groups is 1. The van der Waals surface area contributed by atoms with Crippen molar-refractivity contribution in [2.75, 3.05) is 6.61 Å². The molecule has 0 saturated heterocycles. The number of carboxylic acids is 1. The van der Waals surface area contributed by atoms with E-state index in [0.717, 1.165) is 12.1 Å². The highest BCUT2D eigenvalue weighted by Gasteiger charge is 2.25. The Morgan fingerprint density at radius 3 is 2.33 bits per heavy atom. The number of carbonyl (C=O) groups is 1. The zero-order chi connectivity index (χ0) is 16.4. The molecular formula is C13H19NO6S. The van der Waals surface area contributed by atoms with Crippen molar-refractivity contribution in [2.45, 2.75) is 31.7 Å². The molecule has 0 bridgehead atoms. The van der Waals surface area contributed by atoms with E-state index in [9.17, 15) is 23.4 Å². The summed E-state index contributed by atoms with van der Waals surface area (Å²) in [6.45, 7) is 4.56. The van der Waals surface area contributed by atoms with Gasteiger partial charge >= 0.3 is 5.97 Å². The molecule has 0 saturated carbocycles. The van der Waals surface area contributed by atoms with Crippen LogP contribution in [0.15, 0.2) is 17.0 Å². The Morgan fingerprint density at radius 1 is 1.33 bits per heavy atom. The molecule has 0 aromatic heterocycles. The van der Waals surface area contributed by atoms with Gasteiger partial charge in [0, 0.05) is 6.04 Å². The first-order valence-electron chi connectivity index (χ1n) is 6.30. The van der Waals surface area contributed by atoms with E-state index in [1.165, 1.54) is 6.92 Å². The van der Waals surface area contributed by atoms with E-state index in [1.807, 2.05) is 0 Å². The Kier molecular flexibility index (Phi) is 5.32. The molecular weight excluding hydrogens is 298 g/mol. The van der Waals surface area contributed by atoms with Crippen LogP contribution in [0, 0.1) is 12.8 Å². The zero-order valence-electron chi connectivity index (χ0n) is 12.0. The first-order valence-corrected chi connectivity index (χ1v) is 7.78. The SMILES string of the molecule is Cc1cc(O)c(C(=O)O)cc1S(=O)(=O)N[C@H](CO)C(C)C. The van der Waals surface area contributed by atoms with Crippen LogP contribution in [0.2, 0.25) is 0 Å². The third-order valence-electron chi connectivity index (χ3n) is 3.12. The van der Waals surface area contributed by atoms with Crippen molar-refractivity contribution in [3.8, 4) is 5.75 Å². The van der Waals surface area contributed by atoms with E-state index in [-0.39, 0.29) is 23.0 Å². The summed E-state index contributed by atoms with van der Waals surface area (Å²) in [5, 5.41) is 27.7. The lowest BCUT2D eigenvalue weighted by Gasteiger charge is -2.20. The van der Waals surface area contributed by atoms with Gasteiger partial charge in [0.25, 0.3) is 0 Å². The largest absolute Gasteiger partial charge is 0.507 e. The van der Waals surface area contributed by atoms with Crippen LogP contribution in [0.1, 0.15) is 29.8 Å². The summed E-state index contributed by atoms with van der Waals surface area (Å²) in [4.78, 5) is 10.7. The lowest BCUT2D eigenvalue weighted by Crippen LogP contribution is -2.41. The standard InChI is InChI=1S/C13H19NO6S/c1-7(2)10(6-15)14-21(19,20)12-5-9(13(17)18)11(16)4-8(12)3/h4-5,7,10,14-16H,6H2,1-3H3,(H,17,18)/t10-/m1/s1. The van der Waals surface area contributed by atoms with E-state index in [4.69, 9.17) is 5.11 Å². The second-order valence-electron chi connectivity index (χ2n) is 5.09. The third-order valence-corrected chi connectivity index (χ3v) is 4.75. The van der Waals surface area contributed by atoms with Crippen molar-refractivity contribution < 1.29 is 28.5 Å². The monoisotopic (exact) mass is 317 g/mol. The highest BCUT2D eigenvalue weighted by Crippen LogP contribution is 2.25. The van der Waals surface area contributed by atoms with Gasteiger partial charge in [0.1, 0.15) is 11.3 Å². The lowest BCUT2D eigenvalue weighted by molar-refractivity contribution is 0.0693. The maximum atomic E-state index is 12.3. The van der Waals surface area contributed by atoms with Crippen LogP contribution >= 0.6 is 0 Å². The summed E-state index contributed by atoms with van der Waals surface area (Å²) in [5.41, 5.74) is -0.281. The van der Waals surface area contributed by atoms with Crippen LogP contribution in [0.25, 0.3) is 0 Å². The fourth-order valence-corrected chi connectivity index (χ4v) is 3.41. The Balaban J connectivity index is 3.31. The molecule has 0 amide bonds. The summed E-state index contributed by atoms with van der Waals surface area (Å²) in [6, 6.07) is 1.31. The molecule has 0 fully saturated rings. The Bertz CT molecular complexity index is 638. The number of benzene rings is 1. The molecule has 0 aliphatic rings. The molecule has 1 rings (SSSR count). The molecule has 0 heterocycles. The number of nitrogens with one attached hydrogen (secondary N) is 1. The predicted octanol–water partition coefficient (Wildman–Crippen LogP) is 0.694. The second kappa shape index (κ2) is 6.42. The number of aliphatic hydroxyl groups excluding tert-OH is 1. The molecule has 118 valence electrons. The molecule has 1 aromatic rings. The minimum absolute atomic E-state index is 0.138. The minimum Gasteiger partial charge on any atom is -0.507 e. The summed E-state index contributed by atoms with van der Waals surface area (Å²) in [5.74, 6) is -2.06. The highest BCUT2D eigenvalue weighted by molar-refractivity contribution is 7.89. The van der Waals surface area contributed by atoms with Gasteiger partial charge in [-0.15, -0.1) is 0 Å². The fraction of sp³-hybridized carbons (Fsp3) is 0.462. The molecule has 21 heavy (non-hydrogen) atoms. The summed E-state index contributed by atoms with van der Waals surface area (Å²) in [7, 11) is -4.00. The van der Waals surface area contributed by atoms with Crippen molar-refractivity contribution in [3.63, 3.8) is 0 Å². The molecule has 1 atom stereocenters. The number of rotatable bonds is 6. The topological polar surface area (TPSA) is 124 Å². The molecule has 8 heteroatoms. The molecule has 0 spiro atoms. The predicted molar refractivity (Wildman–Crippen MR) is 75.8 cm³/mol. The number of phenols is 1. The number of aryl methyl sites for hydroxylation is 1. The second-order valence-corrected chi connectivity index (χ2v) is 6.78. The zero-order valence-corrected chi connectivity index (χ0v) is 12.8. The van der Waals surface area contributed by atoms with Crippen LogP contribution in [-0.2, 0) is 10.0 Å². The number of aromatic hydroxyl groups is 1. The van der Waals surface area contributed by atoms with Crippen LogP contribution in [0.3, 0.4) is 0 Å². The molecule has 0 unspecified atom stereocenters. The number of hydrogen-bond donors (Lipinski definition) is 4. The average molecular weight is 317 g/mol. The van der Waals surface area contributed by atoms with Gasteiger partial charge in [-0.1, -0.05) is 13.8 Å². The number of aromatic carboxylic acids is 1. The van der Waals surface area contributed by atoms with Crippen LogP contribution in [0.4, 0.5) is 0 Å². The van der Waals surface area contributed by atoms with Gasteiger partial charge in [-0.2, -0.15) is 0 Å². The average Bonchev–Trinajstić information content (AvgIpc) is 2.34. The highest BCUT2D eigenvalue weighted by atomic mass is 32.2. The quantitative estimate of drug-likeness (QED) is 0.612. The molecule has 0 aliphatic carbocycles. The van der Waals surface area contributed by atoms with Crippen LogP contribution < -0.4 is 4.72 Å². The fourth-order valence-electron chi connectivity index (χ4n) is 1.78. The third kappa shape index (κ3) is 3.93. The van der Waals surface area contributed by atoms with Crippen LogP contribution in [0.5, 0.6) is 5.75 Å². The maximum Gasteiger partial charge on any atom is 0.339 e. The molecule has 1 aromatic carbocycles. The van der Waals surface area contributed by atoms with Crippen molar-refractivity contribution in [3.05, 3.63) is 23.3 Å². The van der Waals surface area contributed by atoms with Gasteiger partial charge in [0.2, 0.25) is 10.0 Å². The van der Waals surface area contributed by atoms with Gasteiger partial charge in [0.05, 0.1) is 11.5 Å². The van der Waals surface area contributed by atoms with Gasteiger partial charge < -0.3 is 15.3 Å². The molecule has 0 radical (unpaired) electrons. The maximum absolute atomic E-state index is 12.3. The van der Waals surface area contributed by atoms with E-state index in [2.05, 4.69) is 4.72 Å². The van der Waals surface area contributed by atoms with Gasteiger partial charge in [-0.05, 0) is 30.5 Å². The Morgan fingerprint density at radius 2 is 1.90 bits per heavy atom. The van der Waals surface area contributed by atoms with Gasteiger partial charge in [-0.3, -0.25) is 0 Å². The van der Waals surface area contributed by atoms with Crippen molar-refractivity contribution in [1.82, 2.24) is 4.72 Å². The smallest absolute Gasteiger partial charge is 0.339 e. The number of hydrogen-bond acceptors (Lipinski definition) is 5. The summed E-state index contributed by atoms with van der Waals surface area (Å²) >= 11 is 0. The number of carboxylic acid groups (broad SMARTS) is 1. The van der Waals surface area contributed by atoms with Crippen molar-refractivity contribution in [1.29, 1.82) is 0 Å². The number of sulfonamides is 1. The Labute approximate surface area is 123 Å². The van der Waals surface area contributed by atoms with E-state index in [0.29, 0.717) is 0 Å². The van der Waals surface area contributed by atoms with E-state index in [1.54, 1.807) is 13.8 Å². The first kappa shape index (κ1) is 17.4. The minimum atomic E-state index is -4.00. The lowest BCUT2D eigenvalue weighted by atomic mass is 10.1. The Hall–Kier alpha value is -1.64. The molecule has 7 nitrogen and oxygen atoms in total. The normalized spacial score (nSPS) is 13.4. The van der Waals surface area contributed by atoms with Crippen molar-refractivity contribution in [2.24, 2.45) is 5.92 Å². The molecule has 4 N–H and O–H groups in total. The van der Waals surface area contributed by atoms with Gasteiger partial charge in [-0.25, -0.2) is 17.9 Å². The summed E-state index contributed by atoms with van der Waals surface area (Å²) in [6.07, 6.45) is 0. The van der Waals surface area contributed by atoms with Crippen molar-refractivity contribution >= 4 is 16.0 Å². The van der Waals surface area contributed by atoms with Crippen LogP contribution in [-0.4, -0.2) is 42.4 Å². The summed E-state index contributed by atoms with van der Waals surface area (Å²) < 4.78 is 27.0. The van der Waals surface area contributed by atoms with Gasteiger partial charge in [0.15, 0.2) is 0 Å². The van der Waals surface area contributed by atoms with E-state index >= 15 is 0 Å². The first-order chi connectivity index (χ1) is 9.60. The molecule has 0 aliphatic heterocycles. The van der Waals surface area contributed by atoms with E-state index < -0.39 is 33.3 Å².